The zero-order valence-electron chi connectivity index (χ0n) is 12.3. The normalized spacial score (nSPS) is 12.4. The highest BCUT2D eigenvalue weighted by molar-refractivity contribution is 9.10. The van der Waals surface area contributed by atoms with Gasteiger partial charge in [-0.15, -0.1) is 0 Å². The first-order valence-electron chi connectivity index (χ1n) is 6.63. The van der Waals surface area contributed by atoms with Crippen molar-refractivity contribution in [1.29, 1.82) is 0 Å². The molecule has 0 aliphatic rings. The zero-order chi connectivity index (χ0) is 18.1. The lowest BCUT2D eigenvalue weighted by molar-refractivity contribution is 0.00148. The first-order valence-corrected chi connectivity index (χ1v) is 9.66. The molecule has 9 heteroatoms. The van der Waals surface area contributed by atoms with Gasteiger partial charge in [0.1, 0.15) is 4.90 Å². The van der Waals surface area contributed by atoms with E-state index in [0.717, 1.165) is 0 Å². The van der Waals surface area contributed by atoms with Crippen molar-refractivity contribution < 1.29 is 17.2 Å². The van der Waals surface area contributed by atoms with E-state index in [0.29, 0.717) is 10.0 Å². The van der Waals surface area contributed by atoms with Gasteiger partial charge in [0, 0.05) is 10.0 Å². The molecule has 1 N–H and O–H groups in total. The molecular weight excluding hydrogens is 447 g/mol. The Balaban J connectivity index is 2.30. The first-order chi connectivity index (χ1) is 11.0. The Bertz CT molecular complexity index is 853. The molecule has 0 spiro atoms. The minimum atomic E-state index is -4.31. The van der Waals surface area contributed by atoms with Crippen molar-refractivity contribution in [3.63, 3.8) is 0 Å². The maximum absolute atomic E-state index is 14.3. The molecule has 0 radical (unpaired) electrons. The van der Waals surface area contributed by atoms with E-state index >= 15 is 0 Å². The summed E-state index contributed by atoms with van der Waals surface area (Å²) in [5.74, 6) is -3.38. The van der Waals surface area contributed by atoms with Gasteiger partial charge in [0.2, 0.25) is 10.0 Å². The molecule has 0 aliphatic carbocycles. The molecule has 0 amide bonds. The van der Waals surface area contributed by atoms with Crippen LogP contribution in [-0.4, -0.2) is 15.0 Å². The van der Waals surface area contributed by atoms with E-state index in [2.05, 4.69) is 15.9 Å². The Morgan fingerprint density at radius 2 is 1.71 bits per heavy atom. The number of aryl methyl sites for hydroxylation is 1. The summed E-state index contributed by atoms with van der Waals surface area (Å²) in [6.45, 7) is 0.420. The van der Waals surface area contributed by atoms with Crippen LogP contribution in [0.5, 0.6) is 0 Å². The van der Waals surface area contributed by atoms with Gasteiger partial charge in [0.15, 0.2) is 0 Å². The van der Waals surface area contributed by atoms with Gasteiger partial charge in [0.25, 0.3) is 5.92 Å². The molecule has 0 heterocycles. The van der Waals surface area contributed by atoms with Crippen LogP contribution in [0.4, 0.5) is 8.78 Å². The fraction of sp³-hybridized carbons (Fsp3) is 0.200. The number of rotatable bonds is 5. The van der Waals surface area contributed by atoms with Gasteiger partial charge in [-0.3, -0.25) is 0 Å². The van der Waals surface area contributed by atoms with E-state index in [9.17, 15) is 17.2 Å². The Hall–Kier alpha value is -0.730. The summed E-state index contributed by atoms with van der Waals surface area (Å²) in [6.07, 6.45) is 0. The molecule has 130 valence electrons. The maximum atomic E-state index is 14.3. The summed E-state index contributed by atoms with van der Waals surface area (Å²) < 4.78 is 55.6. The van der Waals surface area contributed by atoms with Gasteiger partial charge in [-0.1, -0.05) is 63.4 Å². The summed E-state index contributed by atoms with van der Waals surface area (Å²) in [7, 11) is -4.31. The Morgan fingerprint density at radius 3 is 2.25 bits per heavy atom. The number of nitrogens with one attached hydrogen (secondary N) is 1. The van der Waals surface area contributed by atoms with Crippen molar-refractivity contribution in [2.75, 3.05) is 6.54 Å². The fourth-order valence-electron chi connectivity index (χ4n) is 2.12. The molecule has 0 aromatic heterocycles. The van der Waals surface area contributed by atoms with E-state index in [-0.39, 0.29) is 15.6 Å². The number of halogens is 5. The molecule has 2 aromatic rings. The third kappa shape index (κ3) is 4.26. The van der Waals surface area contributed by atoms with Crippen LogP contribution in [-0.2, 0) is 15.9 Å². The van der Waals surface area contributed by atoms with E-state index in [1.165, 1.54) is 37.3 Å². The first kappa shape index (κ1) is 19.6. The van der Waals surface area contributed by atoms with Gasteiger partial charge in [-0.2, -0.15) is 8.78 Å². The Kier molecular flexibility index (Phi) is 5.92. The Labute approximate surface area is 157 Å². The molecule has 2 aromatic carbocycles. The van der Waals surface area contributed by atoms with Crippen molar-refractivity contribution in [3.05, 3.63) is 62.0 Å². The molecule has 0 unspecified atom stereocenters. The van der Waals surface area contributed by atoms with Crippen LogP contribution in [0.3, 0.4) is 0 Å². The third-order valence-electron chi connectivity index (χ3n) is 3.26. The summed E-state index contributed by atoms with van der Waals surface area (Å²) in [5.41, 5.74) is 0.113. The van der Waals surface area contributed by atoms with Crippen LogP contribution in [0.1, 0.15) is 11.1 Å². The minimum absolute atomic E-state index is 0.166. The lowest BCUT2D eigenvalue weighted by Gasteiger charge is -2.20. The molecular formula is C15H12BrCl2F2NO2S. The molecule has 24 heavy (non-hydrogen) atoms. The van der Waals surface area contributed by atoms with Gasteiger partial charge in [-0.05, 0) is 24.6 Å². The topological polar surface area (TPSA) is 46.2 Å². The smallest absolute Gasteiger partial charge is 0.207 e. The fourth-order valence-corrected chi connectivity index (χ4v) is 5.09. The van der Waals surface area contributed by atoms with Crippen molar-refractivity contribution in [3.8, 4) is 0 Å². The van der Waals surface area contributed by atoms with Crippen molar-refractivity contribution >= 4 is 49.2 Å². The van der Waals surface area contributed by atoms with Crippen molar-refractivity contribution in [2.24, 2.45) is 0 Å². The number of benzene rings is 2. The molecule has 0 saturated heterocycles. The lowest BCUT2D eigenvalue weighted by Crippen LogP contribution is -2.35. The van der Waals surface area contributed by atoms with Crippen LogP contribution in [0.25, 0.3) is 0 Å². The molecule has 3 nitrogen and oxygen atoms in total. The molecule has 0 bridgehead atoms. The number of hydrogen-bond acceptors (Lipinski definition) is 2. The van der Waals surface area contributed by atoms with Gasteiger partial charge < -0.3 is 0 Å². The van der Waals surface area contributed by atoms with Crippen LogP contribution >= 0.6 is 39.1 Å². The van der Waals surface area contributed by atoms with Crippen molar-refractivity contribution in [2.45, 2.75) is 17.7 Å². The summed E-state index contributed by atoms with van der Waals surface area (Å²) >= 11 is 14.9. The molecule has 2 rings (SSSR count). The summed E-state index contributed by atoms with van der Waals surface area (Å²) in [4.78, 5) is -0.436. The van der Waals surface area contributed by atoms with Gasteiger partial charge in [0.05, 0.1) is 16.6 Å². The highest BCUT2D eigenvalue weighted by Crippen LogP contribution is 2.34. The third-order valence-corrected chi connectivity index (χ3v) is 6.03. The van der Waals surface area contributed by atoms with Gasteiger partial charge >= 0.3 is 0 Å². The average Bonchev–Trinajstić information content (AvgIpc) is 2.44. The minimum Gasteiger partial charge on any atom is -0.207 e. The number of sulfonamides is 1. The second-order valence-electron chi connectivity index (χ2n) is 5.04. The second kappa shape index (κ2) is 7.25. The lowest BCUT2D eigenvalue weighted by atomic mass is 10.0. The largest absolute Gasteiger partial charge is 0.286 e. The number of hydrogen-bond donors (Lipinski definition) is 1. The average molecular weight is 459 g/mol. The summed E-state index contributed by atoms with van der Waals surface area (Å²) in [6, 6.07) is 8.51. The van der Waals surface area contributed by atoms with Crippen LogP contribution in [0.2, 0.25) is 10.0 Å². The Morgan fingerprint density at radius 1 is 1.17 bits per heavy atom. The molecule has 0 saturated carbocycles. The number of alkyl halides is 2. The quantitative estimate of drug-likeness (QED) is 0.674. The van der Waals surface area contributed by atoms with E-state index in [1.807, 2.05) is 4.72 Å². The highest BCUT2D eigenvalue weighted by Gasteiger charge is 2.35. The van der Waals surface area contributed by atoms with Crippen molar-refractivity contribution in [1.82, 2.24) is 4.72 Å². The van der Waals surface area contributed by atoms with E-state index in [4.69, 9.17) is 23.2 Å². The van der Waals surface area contributed by atoms with E-state index < -0.39 is 27.4 Å². The highest BCUT2D eigenvalue weighted by atomic mass is 79.9. The monoisotopic (exact) mass is 457 g/mol. The molecule has 0 fully saturated rings. The van der Waals surface area contributed by atoms with Gasteiger partial charge in [-0.25, -0.2) is 13.1 Å². The molecule has 0 aliphatic heterocycles. The van der Waals surface area contributed by atoms with Crippen LogP contribution < -0.4 is 4.72 Å². The zero-order valence-corrected chi connectivity index (χ0v) is 16.2. The van der Waals surface area contributed by atoms with Crippen LogP contribution in [0.15, 0.2) is 45.8 Å². The molecule has 0 atom stereocenters. The predicted molar refractivity (Wildman–Crippen MR) is 94.4 cm³/mol. The summed E-state index contributed by atoms with van der Waals surface area (Å²) in [5, 5.41) is -0.331. The second-order valence-corrected chi connectivity index (χ2v) is 8.48. The SMILES string of the molecule is Cc1ccccc1C(F)(F)CNS(=O)(=O)c1c(Cl)cc(Br)cc1Cl. The van der Waals surface area contributed by atoms with E-state index in [1.54, 1.807) is 6.07 Å². The predicted octanol–water partition coefficient (Wildman–Crippen LogP) is 5.13. The van der Waals surface area contributed by atoms with Crippen LogP contribution in [0, 0.1) is 6.92 Å². The maximum Gasteiger partial charge on any atom is 0.286 e. The standard InChI is InChI=1S/C15H12BrCl2F2NO2S/c1-9-4-2-3-5-11(9)15(19,20)8-21-24(22,23)14-12(17)6-10(16)7-13(14)18/h2-7,21H,8H2,1H3.